The molecule has 0 bridgehead atoms. The number of halogens is 2. The molecular formula is C39H33ClFN3O2. The molecule has 6 aromatic rings. The van der Waals surface area contributed by atoms with Crippen LogP contribution in [0.3, 0.4) is 0 Å². The Hall–Kier alpha value is -4.78. The molecule has 1 aliphatic carbocycles. The summed E-state index contributed by atoms with van der Waals surface area (Å²) in [5.41, 5.74) is 7.90. The zero-order valence-electron chi connectivity index (χ0n) is 25.8. The number of pyridine rings is 1. The van der Waals surface area contributed by atoms with Crippen molar-refractivity contribution in [2.75, 3.05) is 7.05 Å². The molecule has 7 rings (SSSR count). The van der Waals surface area contributed by atoms with E-state index in [0.29, 0.717) is 16.3 Å². The second-order valence-corrected chi connectivity index (χ2v) is 12.4. The molecule has 1 unspecified atom stereocenters. The van der Waals surface area contributed by atoms with Crippen molar-refractivity contribution >= 4 is 28.5 Å². The minimum absolute atomic E-state index is 0.0390. The third kappa shape index (κ3) is 5.38. The fourth-order valence-electron chi connectivity index (χ4n) is 6.28. The summed E-state index contributed by atoms with van der Waals surface area (Å²) in [6.45, 7) is 4.12. The van der Waals surface area contributed by atoms with Crippen molar-refractivity contribution in [2.45, 2.75) is 38.3 Å². The summed E-state index contributed by atoms with van der Waals surface area (Å²) in [7, 11) is 1.90. The van der Waals surface area contributed by atoms with Gasteiger partial charge >= 0.3 is 0 Å². The van der Waals surface area contributed by atoms with Crippen molar-refractivity contribution in [3.63, 3.8) is 0 Å². The van der Waals surface area contributed by atoms with Gasteiger partial charge in [0.2, 0.25) is 0 Å². The number of hydrogen-bond acceptors (Lipinski definition) is 4. The average molecular weight is 630 g/mol. The molecule has 4 aromatic carbocycles. The van der Waals surface area contributed by atoms with E-state index >= 15 is 0 Å². The van der Waals surface area contributed by atoms with Gasteiger partial charge in [-0.3, -0.25) is 9.78 Å². The number of hydrogen-bond donors (Lipinski definition) is 2. The van der Waals surface area contributed by atoms with Gasteiger partial charge in [-0.15, -0.1) is 0 Å². The molecule has 2 aromatic heterocycles. The first-order valence-electron chi connectivity index (χ1n) is 15.4. The lowest BCUT2D eigenvalue weighted by Gasteiger charge is -2.20. The standard InChI is InChI=1S/C39H33ClFN3O2/c1-23-20-30(28-8-4-5-9-33(28)40)31(38(45)44-39(17-18-39)35-10-6-7-19-43-35)22-29(23)26-13-16-34-32(21-26)36(24(2)42-3)37(46-34)25-11-14-27(41)15-12-25/h4-16,19-22,24,42H,17-18H2,1-3H3,(H,44,45). The number of aryl methyl sites for hydroxylation is 1. The van der Waals surface area contributed by atoms with Crippen LogP contribution in [-0.2, 0) is 5.54 Å². The SMILES string of the molecule is CNC(C)c1c(-c2ccc(F)cc2)oc2ccc(-c3cc(C(=O)NC4(c5ccccn5)CC4)c(-c4ccccc4Cl)cc3C)cc12. The van der Waals surface area contributed by atoms with Crippen molar-refractivity contribution in [3.8, 4) is 33.6 Å². The largest absolute Gasteiger partial charge is 0.456 e. The van der Waals surface area contributed by atoms with Crippen LogP contribution in [0.1, 0.15) is 53.0 Å². The fourth-order valence-corrected chi connectivity index (χ4v) is 6.52. The topological polar surface area (TPSA) is 67.2 Å². The molecular weight excluding hydrogens is 597 g/mol. The second-order valence-electron chi connectivity index (χ2n) is 12.0. The van der Waals surface area contributed by atoms with Gasteiger partial charge in [0.05, 0.1) is 11.2 Å². The van der Waals surface area contributed by atoms with Crippen molar-refractivity contribution in [1.29, 1.82) is 0 Å². The first-order valence-corrected chi connectivity index (χ1v) is 15.8. The molecule has 0 saturated heterocycles. The molecule has 0 spiro atoms. The smallest absolute Gasteiger partial charge is 0.252 e. The molecule has 2 N–H and O–H groups in total. The molecule has 2 heterocycles. The summed E-state index contributed by atoms with van der Waals surface area (Å²) in [6, 6.07) is 29.8. The van der Waals surface area contributed by atoms with Crippen LogP contribution >= 0.6 is 11.6 Å². The highest BCUT2D eigenvalue weighted by atomic mass is 35.5. The average Bonchev–Trinajstić information content (AvgIpc) is 3.76. The van der Waals surface area contributed by atoms with E-state index in [9.17, 15) is 9.18 Å². The number of nitrogens with zero attached hydrogens (tertiary/aromatic N) is 1. The molecule has 0 aliphatic heterocycles. The molecule has 46 heavy (non-hydrogen) atoms. The molecule has 1 aliphatic rings. The maximum absolute atomic E-state index is 14.2. The number of benzene rings is 4. The summed E-state index contributed by atoms with van der Waals surface area (Å²) in [6.07, 6.45) is 3.42. The van der Waals surface area contributed by atoms with Gasteiger partial charge in [-0.25, -0.2) is 4.39 Å². The number of amides is 1. The van der Waals surface area contributed by atoms with E-state index in [1.54, 1.807) is 18.3 Å². The van der Waals surface area contributed by atoms with E-state index in [1.807, 2.05) is 80.7 Å². The zero-order valence-corrected chi connectivity index (χ0v) is 26.6. The second kappa shape index (κ2) is 11.9. The Morgan fingerprint density at radius 3 is 2.35 bits per heavy atom. The van der Waals surface area contributed by atoms with Crippen LogP contribution < -0.4 is 10.6 Å². The van der Waals surface area contributed by atoms with Crippen LogP contribution in [0.2, 0.25) is 5.02 Å². The van der Waals surface area contributed by atoms with E-state index in [1.165, 1.54) is 12.1 Å². The van der Waals surface area contributed by atoms with E-state index in [0.717, 1.165) is 68.4 Å². The molecule has 1 amide bonds. The number of carbonyl (C=O) groups excluding carboxylic acids is 1. The number of rotatable bonds is 8. The Balaban J connectivity index is 1.37. The maximum Gasteiger partial charge on any atom is 0.252 e. The fraction of sp³-hybridized carbons (Fsp3) is 0.179. The van der Waals surface area contributed by atoms with Crippen molar-refractivity contribution < 1.29 is 13.6 Å². The first kappa shape index (κ1) is 29.9. The highest BCUT2D eigenvalue weighted by molar-refractivity contribution is 6.33. The van der Waals surface area contributed by atoms with Crippen molar-refractivity contribution in [3.05, 3.63) is 136 Å². The van der Waals surface area contributed by atoms with Gasteiger partial charge in [-0.1, -0.05) is 41.9 Å². The van der Waals surface area contributed by atoms with Crippen molar-refractivity contribution in [1.82, 2.24) is 15.6 Å². The van der Waals surface area contributed by atoms with Gasteiger partial charge in [0.15, 0.2) is 0 Å². The molecule has 230 valence electrons. The predicted octanol–water partition coefficient (Wildman–Crippen LogP) is 9.63. The Morgan fingerprint density at radius 2 is 1.65 bits per heavy atom. The Morgan fingerprint density at radius 1 is 0.913 bits per heavy atom. The van der Waals surface area contributed by atoms with Gasteiger partial charge in [-0.2, -0.15) is 0 Å². The Kier molecular flexibility index (Phi) is 7.71. The lowest BCUT2D eigenvalue weighted by atomic mass is 9.89. The number of carbonyl (C=O) groups is 1. The van der Waals surface area contributed by atoms with Gasteiger partial charge < -0.3 is 15.1 Å². The lowest BCUT2D eigenvalue weighted by molar-refractivity contribution is 0.0930. The third-order valence-electron chi connectivity index (χ3n) is 9.04. The monoisotopic (exact) mass is 629 g/mol. The molecule has 1 fully saturated rings. The normalized spacial score (nSPS) is 14.3. The Bertz CT molecular complexity index is 2090. The summed E-state index contributed by atoms with van der Waals surface area (Å²) in [5, 5.41) is 8.19. The quantitative estimate of drug-likeness (QED) is 0.176. The van der Waals surface area contributed by atoms with Gasteiger partial charge in [0.1, 0.15) is 17.2 Å². The van der Waals surface area contributed by atoms with E-state index in [-0.39, 0.29) is 17.8 Å². The highest BCUT2D eigenvalue weighted by Gasteiger charge is 2.47. The van der Waals surface area contributed by atoms with E-state index in [2.05, 4.69) is 28.6 Å². The number of furan rings is 1. The van der Waals surface area contributed by atoms with E-state index in [4.69, 9.17) is 16.0 Å². The van der Waals surface area contributed by atoms with E-state index < -0.39 is 5.54 Å². The zero-order chi connectivity index (χ0) is 32.0. The molecule has 0 radical (unpaired) electrons. The lowest BCUT2D eigenvalue weighted by Crippen LogP contribution is -2.35. The van der Waals surface area contributed by atoms with Crippen LogP contribution in [0, 0.1) is 12.7 Å². The van der Waals surface area contributed by atoms with Crippen LogP contribution in [0.15, 0.2) is 108 Å². The van der Waals surface area contributed by atoms with Gasteiger partial charge in [0, 0.05) is 44.9 Å². The number of nitrogens with one attached hydrogen (secondary N) is 2. The van der Waals surface area contributed by atoms with Crippen LogP contribution in [-0.4, -0.2) is 17.9 Å². The maximum atomic E-state index is 14.2. The molecule has 7 heteroatoms. The molecule has 5 nitrogen and oxygen atoms in total. The van der Waals surface area contributed by atoms with Crippen LogP contribution in [0.5, 0.6) is 0 Å². The minimum atomic E-state index is -0.480. The van der Waals surface area contributed by atoms with Crippen molar-refractivity contribution in [2.24, 2.45) is 0 Å². The summed E-state index contributed by atoms with van der Waals surface area (Å²) < 4.78 is 20.1. The van der Waals surface area contributed by atoms with Crippen LogP contribution in [0.4, 0.5) is 4.39 Å². The third-order valence-corrected chi connectivity index (χ3v) is 9.37. The minimum Gasteiger partial charge on any atom is -0.456 e. The molecule has 1 saturated carbocycles. The van der Waals surface area contributed by atoms with Crippen LogP contribution in [0.25, 0.3) is 44.5 Å². The highest BCUT2D eigenvalue weighted by Crippen LogP contribution is 2.46. The van der Waals surface area contributed by atoms with Gasteiger partial charge in [-0.05, 0) is 123 Å². The number of aromatic nitrogens is 1. The molecule has 1 atom stereocenters. The first-order chi connectivity index (χ1) is 22.3. The summed E-state index contributed by atoms with van der Waals surface area (Å²) in [5.74, 6) is 0.226. The summed E-state index contributed by atoms with van der Waals surface area (Å²) >= 11 is 6.69. The van der Waals surface area contributed by atoms with Gasteiger partial charge in [0.25, 0.3) is 5.91 Å². The number of fused-ring (bicyclic) bond motifs is 1. The Labute approximate surface area is 272 Å². The summed E-state index contributed by atoms with van der Waals surface area (Å²) in [4.78, 5) is 18.8. The predicted molar refractivity (Wildman–Crippen MR) is 182 cm³/mol.